The highest BCUT2D eigenvalue weighted by Gasteiger charge is 2.11. The number of hydrogen-bond acceptors (Lipinski definition) is 4. The van der Waals surface area contributed by atoms with E-state index in [-0.39, 0.29) is 24.5 Å². The van der Waals surface area contributed by atoms with E-state index in [1.807, 2.05) is 0 Å². The quantitative estimate of drug-likeness (QED) is 0.0380. The van der Waals surface area contributed by atoms with Crippen LogP contribution >= 0.6 is 0 Å². The summed E-state index contributed by atoms with van der Waals surface area (Å²) in [7, 11) is 0. The first-order valence-corrected chi connectivity index (χ1v) is 21.1. The van der Waals surface area contributed by atoms with Crippen molar-refractivity contribution in [2.24, 2.45) is 0 Å². The minimum absolute atomic E-state index is 0.0579. The van der Waals surface area contributed by atoms with Crippen molar-refractivity contribution in [1.29, 1.82) is 0 Å². The zero-order valence-corrected chi connectivity index (χ0v) is 32.7. The monoisotopic (exact) mass is 702 g/mol. The van der Waals surface area contributed by atoms with Crippen LogP contribution in [0.15, 0.2) is 36.5 Å². The van der Waals surface area contributed by atoms with E-state index in [1.54, 1.807) is 0 Å². The van der Waals surface area contributed by atoms with Crippen LogP contribution in [0.4, 0.5) is 0 Å². The van der Waals surface area contributed by atoms with E-state index in [2.05, 4.69) is 55.6 Å². The van der Waals surface area contributed by atoms with Crippen molar-refractivity contribution in [3.05, 3.63) is 36.5 Å². The summed E-state index contributed by atoms with van der Waals surface area (Å²) in [6.45, 7) is 4.19. The molecule has 0 rings (SSSR count). The van der Waals surface area contributed by atoms with Gasteiger partial charge in [-0.25, -0.2) is 0 Å². The SMILES string of the molecule is CCCCC/C=C\C/C=C\CCCCCCCCCCCC(=O)OC(/C=C\CCCCCCCC)CCCCCCCCC(=O)NCC(=O)O. The number of hydrogen-bond donors (Lipinski definition) is 2. The topological polar surface area (TPSA) is 92.7 Å². The molecule has 0 fully saturated rings. The summed E-state index contributed by atoms with van der Waals surface area (Å²) in [6.07, 6.45) is 48.6. The van der Waals surface area contributed by atoms with Crippen LogP contribution in [-0.4, -0.2) is 35.6 Å². The van der Waals surface area contributed by atoms with Gasteiger partial charge in [0.15, 0.2) is 0 Å². The Labute approximate surface area is 308 Å². The summed E-state index contributed by atoms with van der Waals surface area (Å²) in [5.41, 5.74) is 0. The molecule has 0 saturated carbocycles. The number of rotatable bonds is 38. The summed E-state index contributed by atoms with van der Waals surface area (Å²) in [4.78, 5) is 34.9. The molecular formula is C44H79NO5. The van der Waals surface area contributed by atoms with Crippen LogP contribution in [0, 0.1) is 0 Å². The van der Waals surface area contributed by atoms with Gasteiger partial charge in [-0.15, -0.1) is 0 Å². The number of carbonyl (C=O) groups is 3. The van der Waals surface area contributed by atoms with Crippen LogP contribution in [0.5, 0.6) is 0 Å². The number of esters is 1. The smallest absolute Gasteiger partial charge is 0.322 e. The van der Waals surface area contributed by atoms with E-state index in [0.29, 0.717) is 12.8 Å². The standard InChI is InChI=1S/C44H79NO5/c1-3-5-7-9-11-13-14-15-16-17-18-19-20-21-22-23-25-31-35-39-44(49)50-41(36-32-28-24-12-10-8-6-4-2)37-33-29-26-27-30-34-38-42(46)45-40-43(47)48/h11,13,15-16,32,36,41H,3-10,12,14,17-31,33-35,37-40H2,1-2H3,(H,45,46)(H,47,48)/b13-11-,16-15-,36-32-. The van der Waals surface area contributed by atoms with E-state index >= 15 is 0 Å². The van der Waals surface area contributed by atoms with Crippen molar-refractivity contribution >= 4 is 17.8 Å². The van der Waals surface area contributed by atoms with Gasteiger partial charge in [0.1, 0.15) is 12.6 Å². The molecule has 50 heavy (non-hydrogen) atoms. The highest BCUT2D eigenvalue weighted by atomic mass is 16.5. The third-order valence-electron chi connectivity index (χ3n) is 9.27. The van der Waals surface area contributed by atoms with Crippen molar-refractivity contribution in [3.8, 4) is 0 Å². The molecule has 0 aromatic carbocycles. The zero-order chi connectivity index (χ0) is 36.6. The fraction of sp³-hybridized carbons (Fsp3) is 0.795. The maximum atomic E-state index is 12.7. The molecule has 1 unspecified atom stereocenters. The number of carboxylic acid groups (broad SMARTS) is 1. The third kappa shape index (κ3) is 38.4. The molecule has 6 nitrogen and oxygen atoms in total. The van der Waals surface area contributed by atoms with Gasteiger partial charge in [-0.05, 0) is 76.7 Å². The van der Waals surface area contributed by atoms with Crippen LogP contribution < -0.4 is 5.32 Å². The predicted octanol–water partition coefficient (Wildman–Crippen LogP) is 12.9. The van der Waals surface area contributed by atoms with Gasteiger partial charge in [-0.2, -0.15) is 0 Å². The van der Waals surface area contributed by atoms with Gasteiger partial charge in [0.25, 0.3) is 0 Å². The molecule has 0 heterocycles. The lowest BCUT2D eigenvalue weighted by molar-refractivity contribution is -0.147. The molecule has 0 aliphatic rings. The first-order chi connectivity index (χ1) is 24.5. The largest absolute Gasteiger partial charge is 0.480 e. The first kappa shape index (κ1) is 47.6. The minimum atomic E-state index is -1.02. The molecule has 0 aliphatic carbocycles. The van der Waals surface area contributed by atoms with Gasteiger partial charge in [0.2, 0.25) is 5.91 Å². The highest BCUT2D eigenvalue weighted by Crippen LogP contribution is 2.16. The minimum Gasteiger partial charge on any atom is -0.480 e. The number of carbonyl (C=O) groups excluding carboxylic acids is 2. The van der Waals surface area contributed by atoms with E-state index in [9.17, 15) is 14.4 Å². The molecule has 6 heteroatoms. The second kappa shape index (κ2) is 39.4. The Morgan fingerprint density at radius 3 is 1.54 bits per heavy atom. The Morgan fingerprint density at radius 2 is 0.980 bits per heavy atom. The molecule has 0 bridgehead atoms. The molecule has 1 amide bonds. The Kier molecular flexibility index (Phi) is 37.5. The lowest BCUT2D eigenvalue weighted by Crippen LogP contribution is -2.28. The van der Waals surface area contributed by atoms with Crippen LogP contribution in [-0.2, 0) is 19.1 Å². The number of ether oxygens (including phenoxy) is 1. The maximum Gasteiger partial charge on any atom is 0.322 e. The number of unbranched alkanes of at least 4 members (excludes halogenated alkanes) is 23. The highest BCUT2D eigenvalue weighted by molar-refractivity contribution is 5.80. The van der Waals surface area contributed by atoms with Crippen molar-refractivity contribution in [3.63, 3.8) is 0 Å². The average Bonchev–Trinajstić information content (AvgIpc) is 3.10. The van der Waals surface area contributed by atoms with Gasteiger partial charge in [-0.1, -0.05) is 160 Å². The Hall–Kier alpha value is -2.37. The summed E-state index contributed by atoms with van der Waals surface area (Å²) >= 11 is 0. The number of carboxylic acids is 1. The molecule has 0 saturated heterocycles. The molecule has 290 valence electrons. The second-order valence-corrected chi connectivity index (χ2v) is 14.2. The zero-order valence-electron chi connectivity index (χ0n) is 32.7. The molecule has 0 aromatic heterocycles. The summed E-state index contributed by atoms with van der Waals surface area (Å²) in [6, 6.07) is 0. The lowest BCUT2D eigenvalue weighted by Gasteiger charge is -2.15. The van der Waals surface area contributed by atoms with Gasteiger partial charge in [0, 0.05) is 12.8 Å². The average molecular weight is 702 g/mol. The van der Waals surface area contributed by atoms with Gasteiger partial charge >= 0.3 is 11.9 Å². The Morgan fingerprint density at radius 1 is 0.540 bits per heavy atom. The van der Waals surface area contributed by atoms with E-state index < -0.39 is 5.97 Å². The molecule has 1 atom stereocenters. The molecule has 0 spiro atoms. The van der Waals surface area contributed by atoms with Crippen LogP contribution in [0.3, 0.4) is 0 Å². The van der Waals surface area contributed by atoms with Crippen molar-refractivity contribution in [1.82, 2.24) is 5.32 Å². The maximum absolute atomic E-state index is 12.7. The lowest BCUT2D eigenvalue weighted by atomic mass is 10.0. The number of nitrogens with one attached hydrogen (secondary N) is 1. The molecule has 0 aromatic rings. The number of aliphatic carboxylic acids is 1. The second-order valence-electron chi connectivity index (χ2n) is 14.2. The van der Waals surface area contributed by atoms with E-state index in [1.165, 1.54) is 116 Å². The first-order valence-electron chi connectivity index (χ1n) is 21.1. The fourth-order valence-corrected chi connectivity index (χ4v) is 6.10. The van der Waals surface area contributed by atoms with E-state index in [0.717, 1.165) is 70.6 Å². The van der Waals surface area contributed by atoms with Crippen LogP contribution in [0.25, 0.3) is 0 Å². The van der Waals surface area contributed by atoms with Crippen molar-refractivity contribution in [2.45, 2.75) is 219 Å². The summed E-state index contributed by atoms with van der Waals surface area (Å²) < 4.78 is 5.94. The summed E-state index contributed by atoms with van der Waals surface area (Å²) in [5.74, 6) is -1.27. The molecule has 0 radical (unpaired) electrons. The third-order valence-corrected chi connectivity index (χ3v) is 9.27. The normalized spacial score (nSPS) is 12.4. The Bertz CT molecular complexity index is 864. The van der Waals surface area contributed by atoms with Gasteiger partial charge in [0.05, 0.1) is 0 Å². The van der Waals surface area contributed by atoms with Gasteiger partial charge < -0.3 is 15.2 Å². The number of amides is 1. The fourth-order valence-electron chi connectivity index (χ4n) is 6.10. The molecular weight excluding hydrogens is 622 g/mol. The van der Waals surface area contributed by atoms with Gasteiger partial charge in [-0.3, -0.25) is 14.4 Å². The predicted molar refractivity (Wildman–Crippen MR) is 212 cm³/mol. The van der Waals surface area contributed by atoms with Crippen LogP contribution in [0.1, 0.15) is 213 Å². The number of allylic oxidation sites excluding steroid dienone is 5. The van der Waals surface area contributed by atoms with Crippen molar-refractivity contribution in [2.75, 3.05) is 6.54 Å². The summed E-state index contributed by atoms with van der Waals surface area (Å²) in [5, 5.41) is 11.0. The van der Waals surface area contributed by atoms with Crippen molar-refractivity contribution < 1.29 is 24.2 Å². The van der Waals surface area contributed by atoms with E-state index in [4.69, 9.17) is 9.84 Å². The van der Waals surface area contributed by atoms with Crippen LogP contribution in [0.2, 0.25) is 0 Å². The molecule has 2 N–H and O–H groups in total. The molecule has 0 aliphatic heterocycles. The Balaban J connectivity index is 4.06.